The number of benzene rings is 5. The van der Waals surface area contributed by atoms with Gasteiger partial charge in [0.1, 0.15) is 0 Å². The fourth-order valence-electron chi connectivity index (χ4n) is 6.23. The van der Waals surface area contributed by atoms with Crippen LogP contribution in [0.2, 0.25) is 0 Å². The topological polar surface area (TPSA) is 40.1 Å². The molecule has 43 heavy (non-hydrogen) atoms. The first-order valence-electron chi connectivity index (χ1n) is 14.3. The van der Waals surface area contributed by atoms with Gasteiger partial charge in [0.2, 0.25) is 0 Å². The summed E-state index contributed by atoms with van der Waals surface area (Å²) in [7, 11) is 0. The Kier molecular flexibility index (Phi) is 5.10. The number of hydrogen-bond acceptors (Lipinski definition) is 3. The Morgan fingerprint density at radius 1 is 0.512 bits per heavy atom. The largest absolute Gasteiger partial charge is 0.453 e. The molecular weight excluding hydrogens is 530 g/mol. The van der Waals surface area contributed by atoms with E-state index < -0.39 is 0 Å². The second kappa shape index (κ2) is 9.26. The Bertz CT molecular complexity index is 2240. The van der Waals surface area contributed by atoms with Crippen molar-refractivity contribution in [3.8, 4) is 28.6 Å². The Hall–Kier alpha value is -6.01. The van der Waals surface area contributed by atoms with Crippen LogP contribution in [0.15, 0.2) is 152 Å². The van der Waals surface area contributed by atoms with Crippen LogP contribution in [0.1, 0.15) is 0 Å². The molecule has 0 radical (unpaired) electrons. The average molecular weight is 556 g/mol. The Morgan fingerprint density at radius 2 is 1.21 bits per heavy atom. The highest BCUT2D eigenvalue weighted by atomic mass is 16.5. The van der Waals surface area contributed by atoms with Crippen molar-refractivity contribution >= 4 is 38.9 Å². The maximum absolute atomic E-state index is 6.36. The summed E-state index contributed by atoms with van der Waals surface area (Å²) >= 11 is 0. The van der Waals surface area contributed by atoms with Crippen LogP contribution in [0.4, 0.5) is 17.1 Å². The number of rotatable bonds is 4. The zero-order valence-electron chi connectivity index (χ0n) is 23.1. The molecule has 0 amide bonds. The van der Waals surface area contributed by atoms with E-state index in [0.717, 1.165) is 56.7 Å². The predicted molar refractivity (Wildman–Crippen MR) is 172 cm³/mol. The van der Waals surface area contributed by atoms with Gasteiger partial charge in [0.25, 0.3) is 0 Å². The van der Waals surface area contributed by atoms with Crippen molar-refractivity contribution in [1.29, 1.82) is 0 Å². The molecule has 204 valence electrons. The lowest BCUT2D eigenvalue weighted by atomic mass is 10.1. The quantitative estimate of drug-likeness (QED) is 0.217. The molecule has 0 saturated heterocycles. The smallest absolute Gasteiger partial charge is 0.151 e. The van der Waals surface area contributed by atoms with Crippen molar-refractivity contribution in [3.05, 3.63) is 152 Å². The van der Waals surface area contributed by atoms with E-state index in [-0.39, 0.29) is 0 Å². The number of nitrogens with zero attached hydrogens (tertiary/aromatic N) is 5. The van der Waals surface area contributed by atoms with Gasteiger partial charge in [-0.3, -0.25) is 0 Å². The molecule has 6 heteroatoms. The van der Waals surface area contributed by atoms with E-state index in [0.29, 0.717) is 0 Å². The fourth-order valence-corrected chi connectivity index (χ4v) is 6.23. The molecule has 0 saturated carbocycles. The molecule has 0 atom stereocenters. The van der Waals surface area contributed by atoms with Crippen molar-refractivity contribution in [1.82, 2.24) is 18.9 Å². The highest BCUT2D eigenvalue weighted by Gasteiger charge is 2.26. The average Bonchev–Trinajstić information content (AvgIpc) is 3.83. The van der Waals surface area contributed by atoms with E-state index in [1.165, 1.54) is 10.8 Å². The normalized spacial score (nSPS) is 12.3. The molecule has 9 rings (SSSR count). The SMILES string of the molecule is c1cc(N2c3ccccc3Oc3ccc(-n4cccc4)cc32)cc(-n2cc(-n3c4ccccc4c4ccccc43)cn2)c1. The molecule has 0 fully saturated rings. The first kappa shape index (κ1) is 23.7. The van der Waals surface area contributed by atoms with Gasteiger partial charge in [-0.05, 0) is 72.8 Å². The number of anilines is 3. The van der Waals surface area contributed by atoms with Crippen molar-refractivity contribution in [3.63, 3.8) is 0 Å². The number of hydrogen-bond donors (Lipinski definition) is 0. The standard InChI is InChI=1S/C37H25N5O/c1-3-14-32-30(12-1)31-13-2-4-15-33(31)42(32)29-24-38-40(25-29)27-10-9-11-28(22-27)41-34-16-5-6-17-36(34)43-37-19-18-26(23-35(37)41)39-20-7-8-21-39/h1-25H. The molecule has 8 aromatic rings. The van der Waals surface area contributed by atoms with E-state index in [9.17, 15) is 0 Å². The minimum atomic E-state index is 0.813. The second-order valence-electron chi connectivity index (χ2n) is 10.7. The molecule has 0 aliphatic carbocycles. The van der Waals surface area contributed by atoms with Crippen LogP contribution in [0.5, 0.6) is 11.5 Å². The molecule has 1 aliphatic rings. The van der Waals surface area contributed by atoms with Gasteiger partial charge in [0.15, 0.2) is 11.5 Å². The first-order valence-corrected chi connectivity index (χ1v) is 14.3. The molecule has 5 aromatic carbocycles. The summed E-state index contributed by atoms with van der Waals surface area (Å²) in [5.74, 6) is 1.63. The Balaban J connectivity index is 1.17. The van der Waals surface area contributed by atoms with Gasteiger partial charge in [-0.25, -0.2) is 4.68 Å². The summed E-state index contributed by atoms with van der Waals surface area (Å²) in [5.41, 5.74) is 8.37. The van der Waals surface area contributed by atoms with E-state index in [4.69, 9.17) is 9.84 Å². The van der Waals surface area contributed by atoms with E-state index >= 15 is 0 Å². The van der Waals surface area contributed by atoms with Crippen LogP contribution in [-0.4, -0.2) is 18.9 Å². The molecule has 0 N–H and O–H groups in total. The maximum atomic E-state index is 6.36. The number of para-hydroxylation sites is 4. The number of fused-ring (bicyclic) bond motifs is 5. The van der Waals surface area contributed by atoms with Crippen molar-refractivity contribution in [2.45, 2.75) is 0 Å². The summed E-state index contributed by atoms with van der Waals surface area (Å²) in [6, 6.07) is 44.1. The van der Waals surface area contributed by atoms with Gasteiger partial charge in [-0.2, -0.15) is 5.10 Å². The van der Waals surface area contributed by atoms with Gasteiger partial charge in [-0.15, -0.1) is 0 Å². The van der Waals surface area contributed by atoms with Crippen LogP contribution >= 0.6 is 0 Å². The van der Waals surface area contributed by atoms with Crippen LogP contribution in [0, 0.1) is 0 Å². The lowest BCUT2D eigenvalue weighted by Gasteiger charge is -2.33. The zero-order valence-corrected chi connectivity index (χ0v) is 23.1. The third-order valence-electron chi connectivity index (χ3n) is 8.17. The van der Waals surface area contributed by atoms with Crippen molar-refractivity contribution in [2.75, 3.05) is 4.90 Å². The summed E-state index contributed by atoms with van der Waals surface area (Å²) in [4.78, 5) is 2.27. The maximum Gasteiger partial charge on any atom is 0.151 e. The summed E-state index contributed by atoms with van der Waals surface area (Å²) in [6.07, 6.45) is 8.14. The molecule has 6 nitrogen and oxygen atoms in total. The minimum Gasteiger partial charge on any atom is -0.453 e. The first-order chi connectivity index (χ1) is 21.3. The van der Waals surface area contributed by atoms with Gasteiger partial charge in [0, 0.05) is 34.5 Å². The fraction of sp³-hybridized carbons (Fsp3) is 0. The van der Waals surface area contributed by atoms with E-state index in [2.05, 4.69) is 124 Å². The molecule has 0 unspecified atom stereocenters. The van der Waals surface area contributed by atoms with Gasteiger partial charge < -0.3 is 18.8 Å². The zero-order chi connectivity index (χ0) is 28.3. The monoisotopic (exact) mass is 555 g/mol. The van der Waals surface area contributed by atoms with E-state index in [1.807, 2.05) is 47.3 Å². The third-order valence-corrected chi connectivity index (χ3v) is 8.17. The van der Waals surface area contributed by atoms with Crippen LogP contribution in [0.25, 0.3) is 38.9 Å². The summed E-state index contributed by atoms with van der Waals surface area (Å²) in [5, 5.41) is 7.29. The summed E-state index contributed by atoms with van der Waals surface area (Å²) in [6.45, 7) is 0. The molecule has 1 aliphatic heterocycles. The second-order valence-corrected chi connectivity index (χ2v) is 10.7. The van der Waals surface area contributed by atoms with Crippen LogP contribution in [-0.2, 0) is 0 Å². The van der Waals surface area contributed by atoms with Crippen molar-refractivity contribution in [2.24, 2.45) is 0 Å². The minimum absolute atomic E-state index is 0.813. The van der Waals surface area contributed by atoms with Crippen molar-refractivity contribution < 1.29 is 4.74 Å². The number of ether oxygens (including phenoxy) is 1. The third kappa shape index (κ3) is 3.70. The van der Waals surface area contributed by atoms with Crippen LogP contribution in [0.3, 0.4) is 0 Å². The van der Waals surface area contributed by atoms with Gasteiger partial charge in [0.05, 0.1) is 46.2 Å². The lowest BCUT2D eigenvalue weighted by Crippen LogP contribution is -2.16. The Morgan fingerprint density at radius 3 is 2.02 bits per heavy atom. The number of aromatic nitrogens is 4. The lowest BCUT2D eigenvalue weighted by molar-refractivity contribution is 0.477. The van der Waals surface area contributed by atoms with Crippen LogP contribution < -0.4 is 9.64 Å². The van der Waals surface area contributed by atoms with Gasteiger partial charge >= 0.3 is 0 Å². The highest BCUT2D eigenvalue weighted by Crippen LogP contribution is 2.51. The molecule has 0 spiro atoms. The summed E-state index contributed by atoms with van der Waals surface area (Å²) < 4.78 is 12.7. The Labute approximate surface area is 247 Å². The highest BCUT2D eigenvalue weighted by molar-refractivity contribution is 6.09. The van der Waals surface area contributed by atoms with Gasteiger partial charge in [-0.1, -0.05) is 54.6 Å². The molecular formula is C37H25N5O. The van der Waals surface area contributed by atoms with E-state index in [1.54, 1.807) is 0 Å². The molecule has 3 aromatic heterocycles. The predicted octanol–water partition coefficient (Wildman–Crippen LogP) is 9.34. The molecule has 0 bridgehead atoms. The molecule has 4 heterocycles.